The van der Waals surface area contributed by atoms with Gasteiger partial charge >= 0.3 is 0 Å². The van der Waals surface area contributed by atoms with Gasteiger partial charge in [0.25, 0.3) is 10.1 Å². The van der Waals surface area contributed by atoms with E-state index in [0.717, 1.165) is 19.3 Å². The monoisotopic (exact) mass is 235 g/mol. The van der Waals surface area contributed by atoms with E-state index in [4.69, 9.17) is 4.55 Å². The lowest BCUT2D eigenvalue weighted by Gasteiger charge is -2.01. The van der Waals surface area contributed by atoms with Crippen molar-refractivity contribution in [2.45, 2.75) is 25.7 Å². The van der Waals surface area contributed by atoms with E-state index in [1.165, 1.54) is 6.08 Å². The van der Waals surface area contributed by atoms with Gasteiger partial charge < -0.3 is 5.32 Å². The third kappa shape index (κ3) is 11.0. The maximum atomic E-state index is 10.7. The summed E-state index contributed by atoms with van der Waals surface area (Å²) < 4.78 is 29.1. The quantitative estimate of drug-likeness (QED) is 0.369. The van der Waals surface area contributed by atoms with Crippen molar-refractivity contribution in [1.82, 2.24) is 5.32 Å². The van der Waals surface area contributed by atoms with E-state index in [-0.39, 0.29) is 11.7 Å². The van der Waals surface area contributed by atoms with Crippen LogP contribution in [0.3, 0.4) is 0 Å². The van der Waals surface area contributed by atoms with Gasteiger partial charge in [-0.15, -0.1) is 0 Å². The molecule has 15 heavy (non-hydrogen) atoms. The Bertz CT molecular complexity index is 297. The van der Waals surface area contributed by atoms with E-state index in [0.29, 0.717) is 13.0 Å². The molecule has 88 valence electrons. The standard InChI is InChI=1S/C9H17NO4S/c1-2-9(11)10-7-5-3-4-6-8-15(12,13)14/h2H,1,3-8H2,(H,10,11)(H,12,13,14). The van der Waals surface area contributed by atoms with E-state index >= 15 is 0 Å². The average Bonchev–Trinajstić information content (AvgIpc) is 2.14. The largest absolute Gasteiger partial charge is 0.353 e. The molecule has 0 aromatic heterocycles. The molecule has 0 saturated carbocycles. The molecule has 0 atom stereocenters. The second kappa shape index (κ2) is 7.42. The molecule has 5 nitrogen and oxygen atoms in total. The van der Waals surface area contributed by atoms with Crippen molar-refractivity contribution in [2.24, 2.45) is 0 Å². The number of hydrogen-bond donors (Lipinski definition) is 2. The van der Waals surface area contributed by atoms with Crippen molar-refractivity contribution in [3.05, 3.63) is 12.7 Å². The SMILES string of the molecule is C=CC(=O)NCCCCCCS(=O)(=O)O. The lowest BCUT2D eigenvalue weighted by molar-refractivity contribution is -0.116. The molecule has 0 fully saturated rings. The Labute approximate surface area is 90.3 Å². The van der Waals surface area contributed by atoms with Crippen LogP contribution in [-0.2, 0) is 14.9 Å². The van der Waals surface area contributed by atoms with Crippen molar-refractivity contribution >= 4 is 16.0 Å². The molecule has 0 aromatic carbocycles. The van der Waals surface area contributed by atoms with E-state index in [9.17, 15) is 13.2 Å². The highest BCUT2D eigenvalue weighted by Gasteiger charge is 2.02. The van der Waals surface area contributed by atoms with Crippen LogP contribution >= 0.6 is 0 Å². The Kier molecular flexibility index (Phi) is 6.98. The van der Waals surface area contributed by atoms with Crippen molar-refractivity contribution in [3.63, 3.8) is 0 Å². The molecule has 0 aromatic rings. The fraction of sp³-hybridized carbons (Fsp3) is 0.667. The first-order valence-corrected chi connectivity index (χ1v) is 6.42. The van der Waals surface area contributed by atoms with Crippen LogP contribution in [0.15, 0.2) is 12.7 Å². The molecule has 2 N–H and O–H groups in total. The first kappa shape index (κ1) is 14.1. The van der Waals surface area contributed by atoms with Crippen molar-refractivity contribution in [1.29, 1.82) is 0 Å². The zero-order chi connectivity index (χ0) is 11.7. The van der Waals surface area contributed by atoms with Crippen LogP contribution in [0.25, 0.3) is 0 Å². The van der Waals surface area contributed by atoms with Gasteiger partial charge in [0, 0.05) is 6.54 Å². The van der Waals surface area contributed by atoms with E-state index in [1.54, 1.807) is 0 Å². The minimum absolute atomic E-state index is 0.188. The summed E-state index contributed by atoms with van der Waals surface area (Å²) in [5.41, 5.74) is 0. The smallest absolute Gasteiger partial charge is 0.264 e. The van der Waals surface area contributed by atoms with Crippen LogP contribution in [0.4, 0.5) is 0 Å². The van der Waals surface area contributed by atoms with Gasteiger partial charge in [-0.2, -0.15) is 8.42 Å². The van der Waals surface area contributed by atoms with Crippen LogP contribution in [0, 0.1) is 0 Å². The fourth-order valence-electron chi connectivity index (χ4n) is 1.05. The van der Waals surface area contributed by atoms with Crippen LogP contribution in [0.5, 0.6) is 0 Å². The number of amides is 1. The van der Waals surface area contributed by atoms with Crippen molar-refractivity contribution < 1.29 is 17.8 Å². The van der Waals surface area contributed by atoms with E-state index < -0.39 is 10.1 Å². The predicted molar refractivity (Wildman–Crippen MR) is 58.1 cm³/mol. The topological polar surface area (TPSA) is 83.5 Å². The molecular weight excluding hydrogens is 218 g/mol. The molecule has 0 rings (SSSR count). The Morgan fingerprint density at radius 3 is 2.40 bits per heavy atom. The van der Waals surface area contributed by atoms with Gasteiger partial charge in [0.15, 0.2) is 0 Å². The number of nitrogens with one attached hydrogen (secondary N) is 1. The number of rotatable bonds is 8. The summed E-state index contributed by atoms with van der Waals surface area (Å²) in [6, 6.07) is 0. The summed E-state index contributed by atoms with van der Waals surface area (Å²) in [6.07, 6.45) is 4.01. The Morgan fingerprint density at radius 1 is 1.27 bits per heavy atom. The van der Waals surface area contributed by atoms with E-state index in [1.807, 2.05) is 0 Å². The normalized spacial score (nSPS) is 11.0. The fourth-order valence-corrected chi connectivity index (χ4v) is 1.62. The highest BCUT2D eigenvalue weighted by molar-refractivity contribution is 7.85. The van der Waals surface area contributed by atoms with Gasteiger partial charge in [-0.25, -0.2) is 0 Å². The lowest BCUT2D eigenvalue weighted by Crippen LogP contribution is -2.21. The molecule has 0 aliphatic carbocycles. The summed E-state index contributed by atoms with van der Waals surface area (Å²) >= 11 is 0. The molecule has 0 radical (unpaired) electrons. The Balaban J connectivity index is 3.26. The van der Waals surface area contributed by atoms with Crippen LogP contribution in [0.2, 0.25) is 0 Å². The zero-order valence-electron chi connectivity index (χ0n) is 8.61. The van der Waals surface area contributed by atoms with Gasteiger partial charge in [-0.1, -0.05) is 19.4 Å². The second-order valence-corrected chi connectivity index (χ2v) is 4.77. The molecule has 0 unspecified atom stereocenters. The summed E-state index contributed by atoms with van der Waals surface area (Å²) in [5.74, 6) is -0.389. The minimum Gasteiger partial charge on any atom is -0.353 e. The Hall–Kier alpha value is -0.880. The highest BCUT2D eigenvalue weighted by Crippen LogP contribution is 2.00. The van der Waals surface area contributed by atoms with Crippen LogP contribution in [0.1, 0.15) is 25.7 Å². The molecule has 0 aliphatic heterocycles. The van der Waals surface area contributed by atoms with Crippen molar-refractivity contribution in [3.8, 4) is 0 Å². The lowest BCUT2D eigenvalue weighted by atomic mass is 10.2. The third-order valence-corrected chi connectivity index (χ3v) is 2.62. The summed E-state index contributed by atoms with van der Waals surface area (Å²) in [6.45, 7) is 3.88. The van der Waals surface area contributed by atoms with Crippen LogP contribution in [-0.4, -0.2) is 31.2 Å². The number of unbranched alkanes of at least 4 members (excludes halogenated alkanes) is 3. The maximum Gasteiger partial charge on any atom is 0.264 e. The summed E-state index contributed by atoms with van der Waals surface area (Å²) in [4.78, 5) is 10.7. The Morgan fingerprint density at radius 2 is 1.87 bits per heavy atom. The zero-order valence-corrected chi connectivity index (χ0v) is 9.42. The van der Waals surface area contributed by atoms with Gasteiger partial charge in [0.05, 0.1) is 5.75 Å². The number of carbonyl (C=O) groups excluding carboxylic acids is 1. The molecule has 0 spiro atoms. The molecule has 6 heteroatoms. The predicted octanol–water partition coefficient (Wildman–Crippen LogP) is 0.737. The number of hydrogen-bond acceptors (Lipinski definition) is 3. The first-order valence-electron chi connectivity index (χ1n) is 4.81. The van der Waals surface area contributed by atoms with Crippen LogP contribution < -0.4 is 5.32 Å². The second-order valence-electron chi connectivity index (χ2n) is 3.20. The van der Waals surface area contributed by atoms with Crippen molar-refractivity contribution in [2.75, 3.05) is 12.3 Å². The van der Waals surface area contributed by atoms with E-state index in [2.05, 4.69) is 11.9 Å². The van der Waals surface area contributed by atoms with Gasteiger partial charge in [0.1, 0.15) is 0 Å². The highest BCUT2D eigenvalue weighted by atomic mass is 32.2. The van der Waals surface area contributed by atoms with Gasteiger partial charge in [-0.05, 0) is 18.9 Å². The average molecular weight is 235 g/mol. The molecule has 0 bridgehead atoms. The molecule has 0 heterocycles. The summed E-state index contributed by atoms with van der Waals surface area (Å²) in [7, 11) is -3.82. The third-order valence-electron chi connectivity index (χ3n) is 1.81. The first-order chi connectivity index (χ1) is 6.95. The van der Waals surface area contributed by atoms with Gasteiger partial charge in [-0.3, -0.25) is 9.35 Å². The molecule has 0 aliphatic rings. The molecule has 0 saturated heterocycles. The summed E-state index contributed by atoms with van der Waals surface area (Å²) in [5, 5.41) is 2.61. The molecule has 1 amide bonds. The maximum absolute atomic E-state index is 10.7. The molecular formula is C9H17NO4S. The van der Waals surface area contributed by atoms with Gasteiger partial charge in [0.2, 0.25) is 5.91 Å². The number of carbonyl (C=O) groups is 1. The minimum atomic E-state index is -3.82.